The van der Waals surface area contributed by atoms with Gasteiger partial charge in [-0.05, 0) is 43.2 Å². The molecule has 2 heterocycles. The molecule has 1 fully saturated rings. The van der Waals surface area contributed by atoms with Gasteiger partial charge in [-0.25, -0.2) is 13.2 Å². The fourth-order valence-electron chi connectivity index (χ4n) is 3.56. The maximum Gasteiger partial charge on any atom is 0.339 e. The minimum Gasteiger partial charge on any atom is -0.439 e. The maximum absolute atomic E-state index is 13.1. The van der Waals surface area contributed by atoms with E-state index in [9.17, 15) is 18.0 Å². The number of aromatic nitrogens is 3. The van der Waals surface area contributed by atoms with Crippen LogP contribution in [0.5, 0.6) is 0 Å². The zero-order chi connectivity index (χ0) is 22.7. The summed E-state index contributed by atoms with van der Waals surface area (Å²) >= 11 is 6.17. The van der Waals surface area contributed by atoms with E-state index in [0.717, 1.165) is 30.4 Å². The standard InChI is InChI=1S/C21H21ClN4O5S/c22-17-10-9-15(13-19(17)32(29,30)25-11-5-1-2-6-12-25)21(28)31-14-26-20(27)16-7-3-4-8-18(16)23-24-26/h3-4,7-10,13H,1-2,5-6,11-12,14H2. The van der Waals surface area contributed by atoms with Crippen molar-refractivity contribution in [3.05, 3.63) is 63.4 Å². The molecule has 11 heteroatoms. The lowest BCUT2D eigenvalue weighted by Gasteiger charge is -2.21. The van der Waals surface area contributed by atoms with Crippen molar-refractivity contribution in [2.75, 3.05) is 13.1 Å². The topological polar surface area (TPSA) is 111 Å². The Bertz CT molecular complexity index is 1320. The molecule has 0 saturated carbocycles. The van der Waals surface area contributed by atoms with Crippen LogP contribution in [0.4, 0.5) is 0 Å². The van der Waals surface area contributed by atoms with Gasteiger partial charge in [0.25, 0.3) is 5.56 Å². The molecule has 0 unspecified atom stereocenters. The van der Waals surface area contributed by atoms with Crippen LogP contribution in [0.2, 0.25) is 5.02 Å². The quantitative estimate of drug-likeness (QED) is 0.520. The van der Waals surface area contributed by atoms with Crippen molar-refractivity contribution in [2.24, 2.45) is 0 Å². The summed E-state index contributed by atoms with van der Waals surface area (Å²) in [5.41, 5.74) is -0.0188. The Morgan fingerprint density at radius 2 is 1.78 bits per heavy atom. The SMILES string of the molecule is O=C(OCn1nnc2ccccc2c1=O)c1ccc(Cl)c(S(=O)(=O)N2CCCCCC2)c1. The van der Waals surface area contributed by atoms with Crippen molar-refractivity contribution in [1.82, 2.24) is 19.3 Å². The predicted molar refractivity (Wildman–Crippen MR) is 118 cm³/mol. The summed E-state index contributed by atoms with van der Waals surface area (Å²) in [7, 11) is -3.85. The van der Waals surface area contributed by atoms with Crippen LogP contribution < -0.4 is 5.56 Å². The Morgan fingerprint density at radius 3 is 2.53 bits per heavy atom. The van der Waals surface area contributed by atoms with Gasteiger partial charge >= 0.3 is 5.97 Å². The molecule has 2 aromatic carbocycles. The van der Waals surface area contributed by atoms with Crippen molar-refractivity contribution >= 4 is 38.5 Å². The van der Waals surface area contributed by atoms with Gasteiger partial charge in [0.05, 0.1) is 16.0 Å². The summed E-state index contributed by atoms with van der Waals surface area (Å²) < 4.78 is 33.7. The van der Waals surface area contributed by atoms with Gasteiger partial charge in [-0.1, -0.05) is 41.8 Å². The molecule has 0 aliphatic carbocycles. The lowest BCUT2D eigenvalue weighted by molar-refractivity contribution is 0.0336. The summed E-state index contributed by atoms with van der Waals surface area (Å²) in [4.78, 5) is 24.9. The first-order valence-electron chi connectivity index (χ1n) is 10.2. The number of fused-ring (bicyclic) bond motifs is 1. The average Bonchev–Trinajstić information content (AvgIpc) is 3.09. The van der Waals surface area contributed by atoms with Crippen molar-refractivity contribution in [1.29, 1.82) is 0 Å². The van der Waals surface area contributed by atoms with Crippen LogP contribution in [0.15, 0.2) is 52.2 Å². The van der Waals surface area contributed by atoms with Gasteiger partial charge < -0.3 is 4.74 Å². The molecule has 3 aromatic rings. The van der Waals surface area contributed by atoms with E-state index >= 15 is 0 Å². The maximum atomic E-state index is 13.1. The van der Waals surface area contributed by atoms with Gasteiger partial charge in [-0.15, -0.1) is 5.10 Å². The number of nitrogens with zero attached hydrogens (tertiary/aromatic N) is 4. The number of sulfonamides is 1. The molecule has 0 bridgehead atoms. The van der Waals surface area contributed by atoms with E-state index in [1.807, 2.05) is 0 Å². The monoisotopic (exact) mass is 476 g/mol. The molecule has 1 aliphatic rings. The summed E-state index contributed by atoms with van der Waals surface area (Å²) in [5, 5.41) is 8.07. The number of ether oxygens (including phenoxy) is 1. The highest BCUT2D eigenvalue weighted by molar-refractivity contribution is 7.89. The number of halogens is 1. The van der Waals surface area contributed by atoms with Crippen LogP contribution in [0.1, 0.15) is 36.0 Å². The van der Waals surface area contributed by atoms with Crippen LogP contribution in [0.25, 0.3) is 10.9 Å². The molecular weight excluding hydrogens is 456 g/mol. The zero-order valence-corrected chi connectivity index (χ0v) is 18.7. The first kappa shape index (κ1) is 22.4. The number of esters is 1. The van der Waals surface area contributed by atoms with Crippen molar-refractivity contribution in [2.45, 2.75) is 37.3 Å². The van der Waals surface area contributed by atoms with Crippen LogP contribution in [-0.2, 0) is 21.5 Å². The Hall–Kier alpha value is -2.82. The predicted octanol–water partition coefficient (Wildman–Crippen LogP) is 2.82. The number of benzene rings is 2. The number of hydrogen-bond acceptors (Lipinski definition) is 7. The van der Waals surface area contributed by atoms with E-state index in [0.29, 0.717) is 24.0 Å². The van der Waals surface area contributed by atoms with Crippen LogP contribution in [0.3, 0.4) is 0 Å². The average molecular weight is 477 g/mol. The van der Waals surface area contributed by atoms with E-state index in [2.05, 4.69) is 10.3 Å². The van der Waals surface area contributed by atoms with E-state index in [1.165, 1.54) is 22.5 Å². The smallest absolute Gasteiger partial charge is 0.339 e. The summed E-state index contributed by atoms with van der Waals surface area (Å²) in [6.45, 7) is 0.361. The Balaban J connectivity index is 1.55. The van der Waals surface area contributed by atoms with Crippen LogP contribution in [-0.4, -0.2) is 46.8 Å². The Labute approximate surface area is 189 Å². The van der Waals surface area contributed by atoms with Crippen LogP contribution >= 0.6 is 11.6 Å². The molecule has 168 valence electrons. The molecular formula is C21H21ClN4O5S. The second-order valence-corrected chi connectivity index (χ2v) is 9.75. The Kier molecular flexibility index (Phi) is 6.54. The molecule has 9 nitrogen and oxygen atoms in total. The van der Waals surface area contributed by atoms with E-state index in [-0.39, 0.29) is 15.5 Å². The van der Waals surface area contributed by atoms with Gasteiger partial charge in [-0.2, -0.15) is 8.99 Å². The highest BCUT2D eigenvalue weighted by atomic mass is 35.5. The number of carbonyl (C=O) groups is 1. The van der Waals surface area contributed by atoms with Gasteiger partial charge in [0.15, 0.2) is 6.73 Å². The lowest BCUT2D eigenvalue weighted by atomic mass is 10.2. The summed E-state index contributed by atoms with van der Waals surface area (Å²) in [5.74, 6) is -0.809. The largest absolute Gasteiger partial charge is 0.439 e. The van der Waals surface area contributed by atoms with Gasteiger partial charge in [0, 0.05) is 13.1 Å². The van der Waals surface area contributed by atoms with Crippen molar-refractivity contribution in [3.8, 4) is 0 Å². The molecule has 4 rings (SSSR count). The fraction of sp³-hybridized carbons (Fsp3) is 0.333. The highest BCUT2D eigenvalue weighted by Gasteiger charge is 2.28. The second-order valence-electron chi connectivity index (χ2n) is 7.44. The van der Waals surface area contributed by atoms with Crippen molar-refractivity contribution < 1.29 is 17.9 Å². The number of carbonyl (C=O) groups excluding carboxylic acids is 1. The first-order valence-corrected chi connectivity index (χ1v) is 12.0. The molecule has 0 atom stereocenters. The third-order valence-electron chi connectivity index (χ3n) is 5.30. The molecule has 1 aliphatic heterocycles. The summed E-state index contributed by atoms with van der Waals surface area (Å²) in [6.07, 6.45) is 3.51. The molecule has 32 heavy (non-hydrogen) atoms. The minimum absolute atomic E-state index is 0.00425. The second kappa shape index (κ2) is 9.35. The fourth-order valence-corrected chi connectivity index (χ4v) is 5.58. The third-order valence-corrected chi connectivity index (χ3v) is 7.68. The number of hydrogen-bond donors (Lipinski definition) is 0. The normalized spacial score (nSPS) is 15.4. The van der Waals surface area contributed by atoms with Gasteiger partial charge in [-0.3, -0.25) is 4.79 Å². The highest BCUT2D eigenvalue weighted by Crippen LogP contribution is 2.28. The van der Waals surface area contributed by atoms with E-state index in [4.69, 9.17) is 16.3 Å². The molecule has 0 amide bonds. The van der Waals surface area contributed by atoms with Gasteiger partial charge in [0.1, 0.15) is 10.4 Å². The lowest BCUT2D eigenvalue weighted by Crippen LogP contribution is -2.32. The third kappa shape index (κ3) is 4.52. The van der Waals surface area contributed by atoms with Gasteiger partial charge in [0.2, 0.25) is 10.0 Å². The molecule has 1 saturated heterocycles. The van der Waals surface area contributed by atoms with Crippen molar-refractivity contribution in [3.63, 3.8) is 0 Å². The molecule has 0 spiro atoms. The molecule has 1 aromatic heterocycles. The minimum atomic E-state index is -3.85. The van der Waals surface area contributed by atoms with E-state index in [1.54, 1.807) is 24.3 Å². The van der Waals surface area contributed by atoms with Crippen LogP contribution in [0, 0.1) is 0 Å². The first-order chi connectivity index (χ1) is 15.4. The zero-order valence-electron chi connectivity index (χ0n) is 17.1. The Morgan fingerprint density at radius 1 is 1.06 bits per heavy atom. The number of rotatable bonds is 5. The van der Waals surface area contributed by atoms with E-state index < -0.39 is 28.3 Å². The summed E-state index contributed by atoms with van der Waals surface area (Å²) in [6, 6.07) is 10.6. The molecule has 0 N–H and O–H groups in total. The molecule has 0 radical (unpaired) electrons.